The van der Waals surface area contributed by atoms with Crippen LogP contribution in [-0.4, -0.2) is 54.0 Å². The zero-order valence-corrected chi connectivity index (χ0v) is 21.9. The predicted octanol–water partition coefficient (Wildman–Crippen LogP) is 4.73. The van der Waals surface area contributed by atoms with Crippen molar-refractivity contribution in [1.29, 1.82) is 0 Å². The number of rotatable bonds is 7. The third-order valence-corrected chi connectivity index (χ3v) is 7.64. The van der Waals surface area contributed by atoms with Gasteiger partial charge in [0.1, 0.15) is 12.1 Å². The molecular formula is C31H30N4O4. The van der Waals surface area contributed by atoms with Crippen LogP contribution in [0.2, 0.25) is 0 Å². The Labute approximate surface area is 226 Å². The number of imide groups is 1. The molecular weight excluding hydrogens is 492 g/mol. The van der Waals surface area contributed by atoms with Crippen molar-refractivity contribution in [2.75, 3.05) is 25.2 Å². The number of aromatic amines is 1. The van der Waals surface area contributed by atoms with Crippen LogP contribution in [0.5, 0.6) is 0 Å². The highest BCUT2D eigenvalue weighted by atomic mass is 16.5. The summed E-state index contributed by atoms with van der Waals surface area (Å²) in [7, 11) is 1.61. The SMILES string of the molecule is COCCCNC(=O)c1ccccc1N1C(=O)[C@@H]2Cc3c([nH]c4ccccc34)[C@H](c3ccc(C)cc3)N2C1=O. The zero-order chi connectivity index (χ0) is 27.1. The second kappa shape index (κ2) is 10.0. The van der Waals surface area contributed by atoms with Crippen molar-refractivity contribution >= 4 is 34.4 Å². The summed E-state index contributed by atoms with van der Waals surface area (Å²) in [5, 5.41) is 3.93. The molecule has 0 bridgehead atoms. The molecule has 2 aliphatic rings. The van der Waals surface area contributed by atoms with Crippen LogP contribution in [0, 0.1) is 6.92 Å². The quantitative estimate of drug-likeness (QED) is 0.271. The first-order valence-electron chi connectivity index (χ1n) is 13.2. The maximum atomic E-state index is 14.2. The summed E-state index contributed by atoms with van der Waals surface area (Å²) in [6, 6.07) is 21.3. The van der Waals surface area contributed by atoms with E-state index in [1.54, 1.807) is 36.3 Å². The minimum atomic E-state index is -0.687. The van der Waals surface area contributed by atoms with Crippen molar-refractivity contribution in [3.63, 3.8) is 0 Å². The lowest BCUT2D eigenvalue weighted by Gasteiger charge is -2.36. The van der Waals surface area contributed by atoms with Gasteiger partial charge in [-0.25, -0.2) is 9.69 Å². The van der Waals surface area contributed by atoms with E-state index in [1.807, 2.05) is 49.4 Å². The van der Waals surface area contributed by atoms with Crippen molar-refractivity contribution in [2.45, 2.75) is 31.8 Å². The number of nitrogens with zero attached hydrogens (tertiary/aromatic N) is 2. The van der Waals surface area contributed by atoms with Crippen molar-refractivity contribution in [3.8, 4) is 0 Å². The summed E-state index contributed by atoms with van der Waals surface area (Å²) >= 11 is 0. The number of carbonyl (C=O) groups is 3. The molecule has 6 rings (SSSR count). The summed E-state index contributed by atoms with van der Waals surface area (Å²) in [5.41, 5.74) is 5.56. The smallest absolute Gasteiger partial charge is 0.332 e. The minimum absolute atomic E-state index is 0.285. The number of urea groups is 1. The van der Waals surface area contributed by atoms with Gasteiger partial charge in [0, 0.05) is 43.3 Å². The highest BCUT2D eigenvalue weighted by Gasteiger charge is 2.53. The molecule has 198 valence electrons. The zero-order valence-electron chi connectivity index (χ0n) is 21.9. The van der Waals surface area contributed by atoms with E-state index in [4.69, 9.17) is 4.74 Å². The minimum Gasteiger partial charge on any atom is -0.385 e. The van der Waals surface area contributed by atoms with E-state index < -0.39 is 18.1 Å². The van der Waals surface area contributed by atoms with Crippen molar-refractivity contribution in [3.05, 3.63) is 101 Å². The van der Waals surface area contributed by atoms with Crippen LogP contribution in [-0.2, 0) is 16.0 Å². The fourth-order valence-corrected chi connectivity index (χ4v) is 5.77. The van der Waals surface area contributed by atoms with Crippen LogP contribution in [0.3, 0.4) is 0 Å². The number of aryl methyl sites for hydroxylation is 1. The molecule has 2 atom stereocenters. The molecule has 4 amide bonds. The second-order valence-corrected chi connectivity index (χ2v) is 10.1. The molecule has 3 aromatic carbocycles. The molecule has 0 spiro atoms. The highest BCUT2D eigenvalue weighted by Crippen LogP contribution is 2.45. The molecule has 1 fully saturated rings. The topological polar surface area (TPSA) is 94.7 Å². The van der Waals surface area contributed by atoms with Crippen LogP contribution in [0.1, 0.15) is 45.2 Å². The Balaban J connectivity index is 1.42. The summed E-state index contributed by atoms with van der Waals surface area (Å²) < 4.78 is 5.06. The van der Waals surface area contributed by atoms with E-state index in [1.165, 1.54) is 4.90 Å². The van der Waals surface area contributed by atoms with Gasteiger partial charge in [-0.3, -0.25) is 14.5 Å². The monoisotopic (exact) mass is 522 g/mol. The number of H-pyrrole nitrogens is 1. The van der Waals surface area contributed by atoms with Crippen molar-refractivity contribution in [1.82, 2.24) is 15.2 Å². The second-order valence-electron chi connectivity index (χ2n) is 10.1. The fourth-order valence-electron chi connectivity index (χ4n) is 5.77. The lowest BCUT2D eigenvalue weighted by Crippen LogP contribution is -2.44. The number of benzene rings is 3. The average Bonchev–Trinajstić information content (AvgIpc) is 3.44. The molecule has 0 radical (unpaired) electrons. The van der Waals surface area contributed by atoms with E-state index in [-0.39, 0.29) is 17.4 Å². The summed E-state index contributed by atoms with van der Waals surface area (Å²) in [6.45, 7) is 2.97. The first kappa shape index (κ1) is 24.9. The van der Waals surface area contributed by atoms with Crippen LogP contribution in [0.4, 0.5) is 10.5 Å². The van der Waals surface area contributed by atoms with E-state index in [0.717, 1.165) is 33.3 Å². The van der Waals surface area contributed by atoms with Crippen LogP contribution >= 0.6 is 0 Å². The van der Waals surface area contributed by atoms with Crippen LogP contribution in [0.25, 0.3) is 10.9 Å². The van der Waals surface area contributed by atoms with Gasteiger partial charge >= 0.3 is 6.03 Å². The predicted molar refractivity (Wildman–Crippen MR) is 149 cm³/mol. The van der Waals surface area contributed by atoms with Crippen LogP contribution in [0.15, 0.2) is 72.8 Å². The Hall–Kier alpha value is -4.43. The number of para-hydroxylation sites is 2. The molecule has 39 heavy (non-hydrogen) atoms. The standard InChI is InChI=1S/C31H30N4O4/c1-19-12-14-20(15-13-19)28-27-23(21-8-3-5-10-24(21)33-27)18-26-30(37)35(31(38)34(26)28)25-11-6-4-9-22(25)29(36)32-16-7-17-39-2/h3-6,8-15,26,28,33H,7,16-18H2,1-2H3,(H,32,36)/t26-,28-/m0/s1. The Morgan fingerprint density at radius 3 is 2.56 bits per heavy atom. The van der Waals surface area contributed by atoms with Gasteiger partial charge in [-0.2, -0.15) is 0 Å². The molecule has 2 aliphatic heterocycles. The molecule has 8 heteroatoms. The van der Waals surface area contributed by atoms with E-state index in [9.17, 15) is 14.4 Å². The molecule has 8 nitrogen and oxygen atoms in total. The van der Waals surface area contributed by atoms with Crippen molar-refractivity contribution in [2.24, 2.45) is 0 Å². The normalized spacial score (nSPS) is 18.4. The molecule has 0 saturated carbocycles. The summed E-state index contributed by atoms with van der Waals surface area (Å²) in [4.78, 5) is 47.7. The maximum Gasteiger partial charge on any atom is 0.332 e. The van der Waals surface area contributed by atoms with E-state index >= 15 is 0 Å². The molecule has 1 saturated heterocycles. The number of fused-ring (bicyclic) bond motifs is 4. The number of aromatic nitrogens is 1. The Morgan fingerprint density at radius 1 is 1.03 bits per heavy atom. The third-order valence-electron chi connectivity index (χ3n) is 7.64. The van der Waals surface area contributed by atoms with Gasteiger partial charge in [0.25, 0.3) is 11.8 Å². The van der Waals surface area contributed by atoms with Crippen LogP contribution < -0.4 is 10.2 Å². The average molecular weight is 523 g/mol. The number of amides is 4. The Kier molecular flexibility index (Phi) is 6.40. The highest BCUT2D eigenvalue weighted by molar-refractivity contribution is 6.24. The molecule has 3 heterocycles. The molecule has 0 unspecified atom stereocenters. The molecule has 1 aromatic heterocycles. The van der Waals surface area contributed by atoms with Gasteiger partial charge in [-0.15, -0.1) is 0 Å². The Bertz CT molecular complexity index is 1580. The molecule has 2 N–H and O–H groups in total. The third kappa shape index (κ3) is 4.17. The van der Waals surface area contributed by atoms with Gasteiger partial charge in [0.05, 0.1) is 11.3 Å². The van der Waals surface area contributed by atoms with E-state index in [0.29, 0.717) is 31.7 Å². The number of hydrogen-bond donors (Lipinski definition) is 2. The first-order valence-corrected chi connectivity index (χ1v) is 13.2. The lowest BCUT2D eigenvalue weighted by molar-refractivity contribution is -0.120. The first-order chi connectivity index (χ1) is 19.0. The van der Waals surface area contributed by atoms with Gasteiger partial charge < -0.3 is 15.0 Å². The summed E-state index contributed by atoms with van der Waals surface area (Å²) in [5.74, 6) is -0.661. The maximum absolute atomic E-state index is 14.2. The lowest BCUT2D eigenvalue weighted by atomic mass is 9.88. The molecule has 4 aromatic rings. The number of nitrogens with one attached hydrogen (secondary N) is 2. The number of hydrogen-bond acceptors (Lipinski definition) is 4. The number of methoxy groups -OCH3 is 1. The number of ether oxygens (including phenoxy) is 1. The molecule has 0 aliphatic carbocycles. The van der Waals surface area contributed by atoms with Crippen molar-refractivity contribution < 1.29 is 19.1 Å². The number of anilines is 1. The van der Waals surface area contributed by atoms with Gasteiger partial charge in [-0.05, 0) is 42.7 Å². The fraction of sp³-hybridized carbons (Fsp3) is 0.258. The van der Waals surface area contributed by atoms with Gasteiger partial charge in [0.2, 0.25) is 0 Å². The number of carbonyl (C=O) groups excluding carboxylic acids is 3. The Morgan fingerprint density at radius 2 is 1.77 bits per heavy atom. The summed E-state index contributed by atoms with van der Waals surface area (Å²) in [6.07, 6.45) is 1.06. The van der Waals surface area contributed by atoms with Gasteiger partial charge in [-0.1, -0.05) is 60.2 Å². The van der Waals surface area contributed by atoms with E-state index in [2.05, 4.69) is 16.4 Å². The largest absolute Gasteiger partial charge is 0.385 e. The van der Waals surface area contributed by atoms with Gasteiger partial charge in [0.15, 0.2) is 0 Å².